The van der Waals surface area contributed by atoms with Crippen LogP contribution in [0.15, 0.2) is 17.1 Å². The lowest BCUT2D eigenvalue weighted by Crippen LogP contribution is -2.62. The van der Waals surface area contributed by atoms with E-state index in [1.807, 2.05) is 0 Å². The van der Waals surface area contributed by atoms with Crippen LogP contribution in [0.3, 0.4) is 0 Å². The summed E-state index contributed by atoms with van der Waals surface area (Å²) in [5.41, 5.74) is 0. The third-order valence-electron chi connectivity index (χ3n) is 6.17. The molecule has 4 heteroatoms. The Hall–Kier alpha value is -1.16. The Balaban J connectivity index is 2.13. The van der Waals surface area contributed by atoms with Crippen LogP contribution >= 0.6 is 0 Å². The van der Waals surface area contributed by atoms with Gasteiger partial charge in [0.05, 0.1) is 13.1 Å². The molecule has 1 aliphatic rings. The maximum Gasteiger partial charge on any atom is 0.221 e. The highest BCUT2D eigenvalue weighted by Crippen LogP contribution is 2.23. The molecule has 1 aliphatic heterocycles. The molecule has 2 atom stereocenters. The Morgan fingerprint density at radius 3 is 2.25 bits per heavy atom. The van der Waals surface area contributed by atoms with Crippen molar-refractivity contribution in [3.05, 3.63) is 12.2 Å². The van der Waals surface area contributed by atoms with Crippen molar-refractivity contribution < 1.29 is 9.28 Å². The van der Waals surface area contributed by atoms with Gasteiger partial charge in [-0.1, -0.05) is 64.0 Å². The zero-order valence-corrected chi connectivity index (χ0v) is 19.1. The molecule has 1 amide bonds. The summed E-state index contributed by atoms with van der Waals surface area (Å²) in [5.74, 6) is 1.36. The molecule has 162 valence electrons. The van der Waals surface area contributed by atoms with E-state index in [1.165, 1.54) is 76.5 Å². The molecule has 0 spiro atoms. The van der Waals surface area contributed by atoms with Crippen molar-refractivity contribution in [2.24, 2.45) is 4.99 Å². The van der Waals surface area contributed by atoms with Gasteiger partial charge in [0.1, 0.15) is 6.54 Å². The minimum atomic E-state index is 0.0571. The molecule has 0 aromatic carbocycles. The van der Waals surface area contributed by atoms with E-state index in [0.29, 0.717) is 0 Å². The van der Waals surface area contributed by atoms with Crippen LogP contribution < -0.4 is 5.32 Å². The minimum absolute atomic E-state index is 0.0571. The number of allylic oxidation sites excluding steroid dienone is 2. The number of carbonyl (C=O) groups is 1. The molecular weight excluding hydrogens is 346 g/mol. The highest BCUT2D eigenvalue weighted by atomic mass is 16.1. The van der Waals surface area contributed by atoms with Crippen molar-refractivity contribution in [2.45, 2.75) is 111 Å². The van der Waals surface area contributed by atoms with Crippen LogP contribution in [0.25, 0.3) is 0 Å². The fraction of sp³-hybridized carbons (Fsp3) is 0.833. The zero-order chi connectivity index (χ0) is 20.7. The van der Waals surface area contributed by atoms with Gasteiger partial charge in [0.2, 0.25) is 5.91 Å². The van der Waals surface area contributed by atoms with Crippen LogP contribution in [-0.4, -0.2) is 42.0 Å². The molecule has 2 unspecified atom stereocenters. The second-order valence-corrected chi connectivity index (χ2v) is 8.38. The molecule has 1 rings (SSSR count). The van der Waals surface area contributed by atoms with Gasteiger partial charge in [-0.2, -0.15) is 0 Å². The van der Waals surface area contributed by atoms with Crippen LogP contribution in [0.1, 0.15) is 105 Å². The standard InChI is InChI=1S/C24H45N3O/c1-5-7-8-9-10-11-12-13-14-15-16-17-18-19-24-25-20-21-27(24,6-2)22(3)26-23(4)28/h8-9,22H,5-7,10-21H2,1-4H3/p+1/b9-8+. The van der Waals surface area contributed by atoms with Crippen molar-refractivity contribution in [1.29, 1.82) is 0 Å². The monoisotopic (exact) mass is 392 g/mol. The Kier molecular flexibility index (Phi) is 13.1. The molecule has 4 nitrogen and oxygen atoms in total. The molecule has 0 bridgehead atoms. The largest absolute Gasteiger partial charge is 0.307 e. The number of amides is 1. The summed E-state index contributed by atoms with van der Waals surface area (Å²) in [6, 6.07) is 0. The molecule has 0 aliphatic carbocycles. The summed E-state index contributed by atoms with van der Waals surface area (Å²) in [7, 11) is 0. The summed E-state index contributed by atoms with van der Waals surface area (Å²) >= 11 is 0. The topological polar surface area (TPSA) is 41.5 Å². The van der Waals surface area contributed by atoms with E-state index >= 15 is 0 Å². The van der Waals surface area contributed by atoms with Gasteiger partial charge in [0.15, 0.2) is 12.0 Å². The third-order valence-corrected chi connectivity index (χ3v) is 6.17. The number of quaternary nitrogens is 1. The lowest BCUT2D eigenvalue weighted by atomic mass is 10.1. The van der Waals surface area contributed by atoms with Gasteiger partial charge in [-0.15, -0.1) is 0 Å². The molecule has 0 radical (unpaired) electrons. The Morgan fingerprint density at radius 1 is 1.04 bits per heavy atom. The number of nitrogens with one attached hydrogen (secondary N) is 1. The zero-order valence-electron chi connectivity index (χ0n) is 19.1. The van der Waals surface area contributed by atoms with Gasteiger partial charge < -0.3 is 5.32 Å². The molecule has 0 saturated carbocycles. The molecule has 0 fully saturated rings. The van der Waals surface area contributed by atoms with E-state index in [1.54, 1.807) is 6.92 Å². The van der Waals surface area contributed by atoms with E-state index in [0.717, 1.165) is 30.5 Å². The average molecular weight is 393 g/mol. The van der Waals surface area contributed by atoms with E-state index in [4.69, 9.17) is 4.99 Å². The third kappa shape index (κ3) is 8.89. The number of carbonyl (C=O) groups excluding carboxylic acids is 1. The highest BCUT2D eigenvalue weighted by Gasteiger charge is 2.41. The second kappa shape index (κ2) is 14.8. The first-order valence-corrected chi connectivity index (χ1v) is 11.9. The number of amidine groups is 1. The highest BCUT2D eigenvalue weighted by molar-refractivity contribution is 5.78. The number of nitrogens with zero attached hydrogens (tertiary/aromatic N) is 2. The number of hydrogen-bond acceptors (Lipinski definition) is 2. The normalized spacial score (nSPS) is 20.5. The smallest absolute Gasteiger partial charge is 0.221 e. The summed E-state index contributed by atoms with van der Waals surface area (Å²) in [4.78, 5) is 16.3. The Labute approximate surface area is 174 Å². The first kappa shape index (κ1) is 24.9. The van der Waals surface area contributed by atoms with Crippen molar-refractivity contribution in [2.75, 3.05) is 19.6 Å². The van der Waals surface area contributed by atoms with Gasteiger partial charge >= 0.3 is 0 Å². The molecule has 1 heterocycles. The molecule has 0 aromatic heterocycles. The maximum atomic E-state index is 11.5. The lowest BCUT2D eigenvalue weighted by Gasteiger charge is -2.39. The van der Waals surface area contributed by atoms with Crippen molar-refractivity contribution in [3.63, 3.8) is 0 Å². The number of hydrogen-bond donors (Lipinski definition) is 1. The van der Waals surface area contributed by atoms with Gasteiger partial charge in [-0.3, -0.25) is 9.28 Å². The summed E-state index contributed by atoms with van der Waals surface area (Å²) in [5, 5.41) is 3.10. The second-order valence-electron chi connectivity index (χ2n) is 8.38. The summed E-state index contributed by atoms with van der Waals surface area (Å²) in [6.07, 6.45) is 20.4. The van der Waals surface area contributed by atoms with E-state index in [-0.39, 0.29) is 12.1 Å². The molecular formula is C24H46N3O+. The fourth-order valence-electron chi connectivity index (χ4n) is 4.39. The lowest BCUT2D eigenvalue weighted by molar-refractivity contribution is -0.861. The predicted octanol–water partition coefficient (Wildman–Crippen LogP) is 5.97. The van der Waals surface area contributed by atoms with Crippen LogP contribution in [0.5, 0.6) is 0 Å². The molecule has 0 aromatic rings. The average Bonchev–Trinajstić information content (AvgIpc) is 3.09. The number of likely N-dealkylation sites (N-methyl/N-ethyl adjacent to an activating group) is 1. The Morgan fingerprint density at radius 2 is 1.64 bits per heavy atom. The van der Waals surface area contributed by atoms with Gasteiger partial charge in [-0.25, -0.2) is 4.99 Å². The molecule has 1 N–H and O–H groups in total. The van der Waals surface area contributed by atoms with E-state index in [2.05, 4.69) is 38.2 Å². The quantitative estimate of drug-likeness (QED) is 0.196. The van der Waals surface area contributed by atoms with Gasteiger partial charge in [0.25, 0.3) is 0 Å². The number of unbranched alkanes of at least 4 members (excludes halogenated alkanes) is 9. The fourth-order valence-corrected chi connectivity index (χ4v) is 4.39. The van der Waals surface area contributed by atoms with Gasteiger partial charge in [-0.05, 0) is 32.6 Å². The van der Waals surface area contributed by atoms with Crippen molar-refractivity contribution in [3.8, 4) is 0 Å². The molecule has 28 heavy (non-hydrogen) atoms. The Bertz CT molecular complexity index is 486. The summed E-state index contributed by atoms with van der Waals surface area (Å²) in [6.45, 7) is 11.1. The van der Waals surface area contributed by atoms with E-state index < -0.39 is 0 Å². The maximum absolute atomic E-state index is 11.5. The van der Waals surface area contributed by atoms with Crippen LogP contribution in [0.4, 0.5) is 0 Å². The first-order valence-electron chi connectivity index (χ1n) is 11.9. The van der Waals surface area contributed by atoms with Crippen molar-refractivity contribution in [1.82, 2.24) is 5.32 Å². The SMILES string of the molecule is CCC/C=C/CCCCCCCCCCC1=NCC[N+]1(CC)C(C)NC(C)=O. The predicted molar refractivity (Wildman–Crippen MR) is 121 cm³/mol. The van der Waals surface area contributed by atoms with Crippen molar-refractivity contribution >= 4 is 11.7 Å². The van der Waals surface area contributed by atoms with Gasteiger partial charge in [0, 0.05) is 20.3 Å². The van der Waals surface area contributed by atoms with E-state index in [9.17, 15) is 4.79 Å². The first-order chi connectivity index (χ1) is 13.6. The number of rotatable bonds is 16. The van der Waals surface area contributed by atoms with Crippen LogP contribution in [-0.2, 0) is 4.79 Å². The van der Waals surface area contributed by atoms with Crippen LogP contribution in [0.2, 0.25) is 0 Å². The number of aliphatic imine (C=N–C) groups is 1. The minimum Gasteiger partial charge on any atom is -0.307 e. The summed E-state index contributed by atoms with van der Waals surface area (Å²) < 4.78 is 0.853. The van der Waals surface area contributed by atoms with Crippen LogP contribution in [0, 0.1) is 0 Å². The molecule has 0 saturated heterocycles.